The van der Waals surface area contributed by atoms with Gasteiger partial charge in [-0.3, -0.25) is 4.98 Å². The van der Waals surface area contributed by atoms with E-state index in [9.17, 15) is 4.79 Å². The zero-order valence-corrected chi connectivity index (χ0v) is 14.0. The van der Waals surface area contributed by atoms with Gasteiger partial charge in [0.05, 0.1) is 5.01 Å². The molecule has 2 aromatic rings. The summed E-state index contributed by atoms with van der Waals surface area (Å²) in [4.78, 5) is 21.4. The zero-order chi connectivity index (χ0) is 15.9. The molecule has 2 aromatic heterocycles. The molecule has 0 spiro atoms. The molecule has 5 nitrogen and oxygen atoms in total. The summed E-state index contributed by atoms with van der Waals surface area (Å²) in [6.07, 6.45) is 6.30. The topological polar surface area (TPSA) is 66.9 Å². The molecule has 0 radical (unpaired) electrons. The largest absolute Gasteiger partial charge is 0.338 e. The number of carbonyl (C=O) groups excluding carboxylic acids is 1. The summed E-state index contributed by atoms with van der Waals surface area (Å²) in [5.41, 5.74) is 2.36. The monoisotopic (exact) mass is 318 g/mol. The number of nitrogens with one attached hydrogen (secondary N) is 2. The van der Waals surface area contributed by atoms with Crippen molar-refractivity contribution in [2.45, 2.75) is 33.1 Å². The van der Waals surface area contributed by atoms with Gasteiger partial charge in [0.25, 0.3) is 0 Å². The number of amides is 2. The smallest absolute Gasteiger partial charge is 0.314 e. The molecule has 2 amide bonds. The van der Waals surface area contributed by atoms with Crippen LogP contribution in [0.5, 0.6) is 0 Å². The van der Waals surface area contributed by atoms with Gasteiger partial charge in [0.2, 0.25) is 0 Å². The van der Waals surface area contributed by atoms with Crippen molar-refractivity contribution in [3.8, 4) is 0 Å². The summed E-state index contributed by atoms with van der Waals surface area (Å²) in [5, 5.41) is 6.84. The van der Waals surface area contributed by atoms with Crippen LogP contribution in [0.2, 0.25) is 0 Å². The number of pyridine rings is 1. The number of urea groups is 1. The van der Waals surface area contributed by atoms with E-state index in [0.717, 1.165) is 17.0 Å². The Kier molecular flexibility index (Phi) is 5.89. The first-order valence-corrected chi connectivity index (χ1v) is 8.21. The van der Waals surface area contributed by atoms with E-state index in [1.807, 2.05) is 32.3 Å². The quantitative estimate of drug-likeness (QED) is 0.860. The summed E-state index contributed by atoms with van der Waals surface area (Å²) in [6, 6.07) is 1.86. The third-order valence-electron chi connectivity index (χ3n) is 3.45. The first-order valence-electron chi connectivity index (χ1n) is 7.39. The SMILES string of the molecule is Cc1cnc([C@@H](C)CNC(=O)NCCc2ccncc2C)s1. The fourth-order valence-corrected chi connectivity index (χ4v) is 2.91. The highest BCUT2D eigenvalue weighted by Gasteiger charge is 2.10. The molecular formula is C16H22N4OS. The summed E-state index contributed by atoms with van der Waals surface area (Å²) < 4.78 is 0. The van der Waals surface area contributed by atoms with E-state index in [4.69, 9.17) is 0 Å². The van der Waals surface area contributed by atoms with Crippen LogP contribution in [0.3, 0.4) is 0 Å². The summed E-state index contributed by atoms with van der Waals surface area (Å²) in [6.45, 7) is 7.34. The number of nitrogens with zero attached hydrogens (tertiary/aromatic N) is 2. The Hall–Kier alpha value is -1.95. The minimum Gasteiger partial charge on any atom is -0.338 e. The van der Waals surface area contributed by atoms with Crippen LogP contribution in [0.25, 0.3) is 0 Å². The Balaban J connectivity index is 1.69. The molecule has 0 aliphatic heterocycles. The third kappa shape index (κ3) is 4.80. The van der Waals surface area contributed by atoms with Crippen LogP contribution >= 0.6 is 11.3 Å². The van der Waals surface area contributed by atoms with Crippen molar-refractivity contribution in [2.24, 2.45) is 0 Å². The molecule has 2 rings (SSSR count). The molecule has 22 heavy (non-hydrogen) atoms. The maximum atomic E-state index is 11.8. The Labute approximate surface area is 135 Å². The van der Waals surface area contributed by atoms with Gasteiger partial charge in [0.15, 0.2) is 0 Å². The van der Waals surface area contributed by atoms with Crippen LogP contribution in [0.15, 0.2) is 24.7 Å². The van der Waals surface area contributed by atoms with E-state index in [0.29, 0.717) is 13.1 Å². The lowest BCUT2D eigenvalue weighted by molar-refractivity contribution is 0.240. The van der Waals surface area contributed by atoms with Gasteiger partial charge in [-0.05, 0) is 37.5 Å². The van der Waals surface area contributed by atoms with Gasteiger partial charge >= 0.3 is 6.03 Å². The highest BCUT2D eigenvalue weighted by molar-refractivity contribution is 7.11. The molecule has 0 saturated heterocycles. The number of hydrogen-bond donors (Lipinski definition) is 2. The van der Waals surface area contributed by atoms with Gasteiger partial charge in [-0.1, -0.05) is 6.92 Å². The van der Waals surface area contributed by atoms with Gasteiger partial charge in [-0.25, -0.2) is 9.78 Å². The molecule has 6 heteroatoms. The van der Waals surface area contributed by atoms with Gasteiger partial charge in [0, 0.05) is 42.5 Å². The molecular weight excluding hydrogens is 296 g/mol. The maximum absolute atomic E-state index is 11.8. The molecule has 0 saturated carbocycles. The van der Waals surface area contributed by atoms with Crippen LogP contribution in [-0.4, -0.2) is 29.1 Å². The van der Waals surface area contributed by atoms with E-state index < -0.39 is 0 Å². The molecule has 0 aromatic carbocycles. The van der Waals surface area contributed by atoms with Crippen molar-refractivity contribution < 1.29 is 4.79 Å². The average Bonchev–Trinajstić information content (AvgIpc) is 2.93. The fraction of sp³-hybridized carbons (Fsp3) is 0.438. The Morgan fingerprint density at radius 3 is 2.82 bits per heavy atom. The van der Waals surface area contributed by atoms with Crippen LogP contribution in [-0.2, 0) is 6.42 Å². The second-order valence-electron chi connectivity index (χ2n) is 5.40. The van der Waals surface area contributed by atoms with E-state index >= 15 is 0 Å². The second kappa shape index (κ2) is 7.89. The maximum Gasteiger partial charge on any atom is 0.314 e. The molecule has 2 N–H and O–H groups in total. The molecule has 0 fully saturated rings. The van der Waals surface area contributed by atoms with Crippen molar-refractivity contribution in [3.63, 3.8) is 0 Å². The Morgan fingerprint density at radius 2 is 2.14 bits per heavy atom. The highest BCUT2D eigenvalue weighted by atomic mass is 32.1. The molecule has 0 unspecified atom stereocenters. The Bertz CT molecular complexity index is 626. The predicted molar refractivity (Wildman–Crippen MR) is 89.3 cm³/mol. The van der Waals surface area contributed by atoms with Crippen LogP contribution in [0, 0.1) is 13.8 Å². The standard InChI is InChI=1S/C16H22N4OS/c1-11-8-17-6-4-14(11)5-7-18-16(21)20-9-12(2)15-19-10-13(3)22-15/h4,6,8,10,12H,5,7,9H2,1-3H3,(H2,18,20,21)/t12-/m0/s1. The van der Waals surface area contributed by atoms with Gasteiger partial charge < -0.3 is 10.6 Å². The van der Waals surface area contributed by atoms with Crippen molar-refractivity contribution in [1.29, 1.82) is 0 Å². The minimum absolute atomic E-state index is 0.133. The highest BCUT2D eigenvalue weighted by Crippen LogP contribution is 2.20. The summed E-state index contributed by atoms with van der Waals surface area (Å²) >= 11 is 1.68. The van der Waals surface area contributed by atoms with Crippen LogP contribution < -0.4 is 10.6 Å². The number of rotatable bonds is 6. The normalized spacial score (nSPS) is 12.0. The predicted octanol–water partition coefficient (Wildman–Crippen LogP) is 2.80. The Morgan fingerprint density at radius 1 is 1.32 bits per heavy atom. The molecule has 0 bridgehead atoms. The van der Waals surface area contributed by atoms with Crippen molar-refractivity contribution in [3.05, 3.63) is 45.7 Å². The van der Waals surface area contributed by atoms with E-state index in [1.54, 1.807) is 17.5 Å². The van der Waals surface area contributed by atoms with Gasteiger partial charge in [0.1, 0.15) is 0 Å². The van der Waals surface area contributed by atoms with Crippen molar-refractivity contribution >= 4 is 17.4 Å². The van der Waals surface area contributed by atoms with E-state index in [-0.39, 0.29) is 11.9 Å². The zero-order valence-electron chi connectivity index (χ0n) is 13.2. The van der Waals surface area contributed by atoms with Gasteiger partial charge in [-0.2, -0.15) is 0 Å². The first kappa shape index (κ1) is 16.4. The van der Waals surface area contributed by atoms with Crippen molar-refractivity contribution in [2.75, 3.05) is 13.1 Å². The molecule has 0 aliphatic rings. The molecule has 0 aliphatic carbocycles. The molecule has 118 valence electrons. The lowest BCUT2D eigenvalue weighted by Crippen LogP contribution is -2.38. The second-order valence-corrected chi connectivity index (χ2v) is 6.67. The third-order valence-corrected chi connectivity index (χ3v) is 4.59. The number of aryl methyl sites for hydroxylation is 2. The van der Waals surface area contributed by atoms with Crippen LogP contribution in [0.1, 0.15) is 33.9 Å². The minimum atomic E-state index is -0.133. The molecule has 2 heterocycles. The summed E-state index contributed by atoms with van der Waals surface area (Å²) in [7, 11) is 0. The lowest BCUT2D eigenvalue weighted by Gasteiger charge is -2.11. The first-order chi connectivity index (χ1) is 10.6. The number of thiazole rings is 1. The number of hydrogen-bond acceptors (Lipinski definition) is 4. The molecule has 1 atom stereocenters. The van der Waals surface area contributed by atoms with Gasteiger partial charge in [-0.15, -0.1) is 11.3 Å². The van der Waals surface area contributed by atoms with Crippen molar-refractivity contribution in [1.82, 2.24) is 20.6 Å². The lowest BCUT2D eigenvalue weighted by atomic mass is 10.1. The van der Waals surface area contributed by atoms with Crippen LogP contribution in [0.4, 0.5) is 4.79 Å². The average molecular weight is 318 g/mol. The fourth-order valence-electron chi connectivity index (χ4n) is 2.09. The number of carbonyl (C=O) groups is 1. The van der Waals surface area contributed by atoms with E-state index in [2.05, 4.69) is 27.5 Å². The summed E-state index contributed by atoms with van der Waals surface area (Å²) in [5.74, 6) is 0.229. The van der Waals surface area contributed by atoms with E-state index in [1.165, 1.54) is 10.4 Å². The number of aromatic nitrogens is 2.